The molecule has 0 fully saturated rings. The average molecular weight is 605 g/mol. The number of esters is 1. The molecule has 0 aliphatic rings. The molecule has 2 nitrogen and oxygen atoms in total. The molecule has 0 N–H and O–H groups in total. The predicted octanol–water partition coefficient (Wildman–Crippen LogP) is 14.6. The summed E-state index contributed by atoms with van der Waals surface area (Å²) in [5.41, 5.74) is 0.521. The van der Waals surface area contributed by atoms with Gasteiger partial charge in [0.25, 0.3) is 0 Å². The average Bonchev–Trinajstić information content (AvgIpc) is 3.00. The fraction of sp³-hybridized carbons (Fsp3) is 0.927. The maximum absolute atomic E-state index is 12.0. The van der Waals surface area contributed by atoms with Crippen LogP contribution < -0.4 is 0 Å². The summed E-state index contributed by atoms with van der Waals surface area (Å²) in [6, 6.07) is 0. The molecule has 0 amide bonds. The smallest absolute Gasteiger partial charge is 0.333 e. The highest BCUT2D eigenvalue weighted by atomic mass is 16.5. The molecule has 2 heteroatoms. The minimum atomic E-state index is -0.214. The lowest BCUT2D eigenvalue weighted by molar-refractivity contribution is -0.140. The van der Waals surface area contributed by atoms with Crippen molar-refractivity contribution in [1.29, 1.82) is 0 Å². The van der Waals surface area contributed by atoms with Gasteiger partial charge in [-0.05, 0) is 25.7 Å². The van der Waals surface area contributed by atoms with Gasteiger partial charge >= 0.3 is 5.97 Å². The number of ether oxygens (including phenoxy) is 1. The van der Waals surface area contributed by atoms with E-state index in [1.165, 1.54) is 212 Å². The SMILES string of the molecule is C=C(C)C(=O)OCC(CCCCCCCCCCCCCCCCC)CCCCCCCCCCCCCCCCCC. The molecular formula is C41H80O2. The first-order valence-corrected chi connectivity index (χ1v) is 19.9. The van der Waals surface area contributed by atoms with Gasteiger partial charge < -0.3 is 4.74 Å². The van der Waals surface area contributed by atoms with Gasteiger partial charge in [-0.3, -0.25) is 0 Å². The number of rotatable bonds is 36. The highest BCUT2D eigenvalue weighted by Crippen LogP contribution is 2.21. The number of carbonyl (C=O) groups is 1. The lowest BCUT2D eigenvalue weighted by Gasteiger charge is -2.17. The third-order valence-electron chi connectivity index (χ3n) is 9.48. The third kappa shape index (κ3) is 33.9. The van der Waals surface area contributed by atoms with E-state index in [-0.39, 0.29) is 5.97 Å². The molecular weight excluding hydrogens is 524 g/mol. The number of hydrogen-bond donors (Lipinski definition) is 0. The standard InChI is InChI=1S/C41H80O2/c1-5-7-9-11-13-15-17-19-21-23-25-27-29-31-33-35-37-40(38-43-41(42)39(3)4)36-34-32-30-28-26-24-22-20-18-16-14-12-10-8-6-2/h40H,3,5-38H2,1-2,4H3. The van der Waals surface area contributed by atoms with E-state index in [0.717, 1.165) is 0 Å². The number of unbranched alkanes of at least 4 members (excludes halogenated alkanes) is 29. The van der Waals surface area contributed by atoms with Gasteiger partial charge in [0.2, 0.25) is 0 Å². The molecule has 43 heavy (non-hydrogen) atoms. The Balaban J connectivity index is 3.73. The topological polar surface area (TPSA) is 26.3 Å². The van der Waals surface area contributed by atoms with Crippen LogP contribution >= 0.6 is 0 Å². The molecule has 0 aliphatic carbocycles. The van der Waals surface area contributed by atoms with E-state index < -0.39 is 0 Å². The van der Waals surface area contributed by atoms with E-state index in [2.05, 4.69) is 20.4 Å². The summed E-state index contributed by atoms with van der Waals surface area (Å²) in [5.74, 6) is 0.311. The fourth-order valence-corrected chi connectivity index (χ4v) is 6.41. The zero-order valence-electron chi connectivity index (χ0n) is 30.1. The molecule has 0 bridgehead atoms. The van der Waals surface area contributed by atoms with Crippen LogP contribution in [0.1, 0.15) is 233 Å². The van der Waals surface area contributed by atoms with E-state index >= 15 is 0 Å². The summed E-state index contributed by atoms with van der Waals surface area (Å²) in [7, 11) is 0. The first-order chi connectivity index (χ1) is 21.1. The minimum Gasteiger partial charge on any atom is -0.462 e. The molecule has 0 aromatic carbocycles. The minimum absolute atomic E-state index is 0.214. The molecule has 1 atom stereocenters. The second-order valence-corrected chi connectivity index (χ2v) is 14.1. The van der Waals surface area contributed by atoms with Gasteiger partial charge in [0.05, 0.1) is 6.61 Å². The second-order valence-electron chi connectivity index (χ2n) is 14.1. The first-order valence-electron chi connectivity index (χ1n) is 19.9. The van der Waals surface area contributed by atoms with Gasteiger partial charge in [-0.1, -0.05) is 219 Å². The van der Waals surface area contributed by atoms with Crippen molar-refractivity contribution in [2.45, 2.75) is 233 Å². The fourth-order valence-electron chi connectivity index (χ4n) is 6.41. The summed E-state index contributed by atoms with van der Waals surface area (Å²) in [6.07, 6.45) is 46.1. The Morgan fingerprint density at radius 3 is 0.907 bits per heavy atom. The van der Waals surface area contributed by atoms with Gasteiger partial charge in [-0.2, -0.15) is 0 Å². The Bertz CT molecular complexity index is 568. The van der Waals surface area contributed by atoms with Crippen molar-refractivity contribution in [2.75, 3.05) is 6.61 Å². The quantitative estimate of drug-likeness (QED) is 0.0404. The van der Waals surface area contributed by atoms with E-state index in [4.69, 9.17) is 4.74 Å². The van der Waals surface area contributed by atoms with E-state index in [0.29, 0.717) is 18.1 Å². The zero-order valence-corrected chi connectivity index (χ0v) is 30.1. The summed E-state index contributed by atoms with van der Waals surface area (Å²) >= 11 is 0. The maximum Gasteiger partial charge on any atom is 0.333 e. The predicted molar refractivity (Wildman–Crippen MR) is 193 cm³/mol. The van der Waals surface area contributed by atoms with Gasteiger partial charge in [-0.15, -0.1) is 0 Å². The van der Waals surface area contributed by atoms with Crippen molar-refractivity contribution in [3.8, 4) is 0 Å². The van der Waals surface area contributed by atoms with Crippen LogP contribution in [0.4, 0.5) is 0 Å². The third-order valence-corrected chi connectivity index (χ3v) is 9.48. The molecule has 0 saturated carbocycles. The molecule has 0 aromatic heterocycles. The zero-order chi connectivity index (χ0) is 31.5. The van der Waals surface area contributed by atoms with Gasteiger partial charge in [-0.25, -0.2) is 4.79 Å². The van der Waals surface area contributed by atoms with Crippen molar-refractivity contribution < 1.29 is 9.53 Å². The van der Waals surface area contributed by atoms with Crippen molar-refractivity contribution in [2.24, 2.45) is 5.92 Å². The van der Waals surface area contributed by atoms with Crippen LogP contribution in [-0.4, -0.2) is 12.6 Å². The molecule has 0 saturated heterocycles. The molecule has 0 aliphatic heterocycles. The Labute approximate surface area is 272 Å². The molecule has 0 heterocycles. The van der Waals surface area contributed by atoms with Crippen LogP contribution in [0.25, 0.3) is 0 Å². The Hall–Kier alpha value is -0.790. The Morgan fingerprint density at radius 2 is 0.674 bits per heavy atom. The van der Waals surface area contributed by atoms with Crippen molar-refractivity contribution in [1.82, 2.24) is 0 Å². The van der Waals surface area contributed by atoms with Crippen LogP contribution in [0.15, 0.2) is 12.2 Å². The van der Waals surface area contributed by atoms with Gasteiger partial charge in [0.15, 0.2) is 0 Å². The first kappa shape index (κ1) is 42.2. The van der Waals surface area contributed by atoms with Gasteiger partial charge in [0, 0.05) is 5.57 Å². The lowest BCUT2D eigenvalue weighted by Crippen LogP contribution is -2.15. The van der Waals surface area contributed by atoms with E-state index in [1.54, 1.807) is 6.92 Å². The number of hydrogen-bond acceptors (Lipinski definition) is 2. The molecule has 0 radical (unpaired) electrons. The van der Waals surface area contributed by atoms with Crippen molar-refractivity contribution in [3.63, 3.8) is 0 Å². The second kappa shape index (κ2) is 35.7. The monoisotopic (exact) mass is 605 g/mol. The molecule has 0 spiro atoms. The number of carbonyl (C=O) groups excluding carboxylic acids is 1. The van der Waals surface area contributed by atoms with Crippen LogP contribution in [0, 0.1) is 5.92 Å². The van der Waals surface area contributed by atoms with Crippen LogP contribution in [0.3, 0.4) is 0 Å². The maximum atomic E-state index is 12.0. The van der Waals surface area contributed by atoms with E-state index in [1.807, 2.05) is 0 Å². The summed E-state index contributed by atoms with van der Waals surface area (Å²) in [6.45, 7) is 10.7. The molecule has 256 valence electrons. The van der Waals surface area contributed by atoms with Crippen LogP contribution in [0.5, 0.6) is 0 Å². The summed E-state index contributed by atoms with van der Waals surface area (Å²) in [4.78, 5) is 12.0. The molecule has 0 aromatic rings. The van der Waals surface area contributed by atoms with Crippen molar-refractivity contribution in [3.05, 3.63) is 12.2 Å². The largest absolute Gasteiger partial charge is 0.462 e. The lowest BCUT2D eigenvalue weighted by atomic mass is 9.94. The van der Waals surface area contributed by atoms with Gasteiger partial charge in [0.1, 0.15) is 0 Å². The van der Waals surface area contributed by atoms with Crippen LogP contribution in [0.2, 0.25) is 0 Å². The van der Waals surface area contributed by atoms with Crippen molar-refractivity contribution >= 4 is 5.97 Å². The summed E-state index contributed by atoms with van der Waals surface area (Å²) < 4.78 is 5.58. The highest BCUT2D eigenvalue weighted by Gasteiger charge is 2.12. The van der Waals surface area contributed by atoms with Crippen LogP contribution in [-0.2, 0) is 9.53 Å². The molecule has 0 rings (SSSR count). The Morgan fingerprint density at radius 1 is 0.442 bits per heavy atom. The highest BCUT2D eigenvalue weighted by molar-refractivity contribution is 5.86. The normalized spacial score (nSPS) is 12.1. The summed E-state index contributed by atoms with van der Waals surface area (Å²) in [5, 5.41) is 0. The molecule has 1 unspecified atom stereocenters. The Kier molecular flexibility index (Phi) is 35.0. The van der Waals surface area contributed by atoms with E-state index in [9.17, 15) is 4.79 Å².